The minimum absolute atomic E-state index is 0.464. The first-order chi connectivity index (χ1) is 12.0. The number of rotatable bonds is 4. The van der Waals surface area contributed by atoms with E-state index in [2.05, 4.69) is 63.9 Å². The van der Waals surface area contributed by atoms with Crippen LogP contribution < -0.4 is 0 Å². The van der Waals surface area contributed by atoms with Gasteiger partial charge in [-0.3, -0.25) is 9.97 Å². The average molecular weight is 330 g/mol. The van der Waals surface area contributed by atoms with Gasteiger partial charge in [-0.25, -0.2) is 0 Å². The molecule has 0 aliphatic rings. The smallest absolute Gasteiger partial charge is 0.0720 e. The zero-order chi connectivity index (χ0) is 18.0. The van der Waals surface area contributed by atoms with Crippen LogP contribution in [0.2, 0.25) is 0 Å². The van der Waals surface area contributed by atoms with Gasteiger partial charge in [0.2, 0.25) is 0 Å². The monoisotopic (exact) mass is 330 g/mol. The van der Waals surface area contributed by atoms with E-state index >= 15 is 0 Å². The molecule has 0 fully saturated rings. The third-order valence-corrected chi connectivity index (χ3v) is 4.68. The summed E-state index contributed by atoms with van der Waals surface area (Å²) in [6.45, 7) is 11.1. The average Bonchev–Trinajstić information content (AvgIpc) is 2.61. The third-order valence-electron chi connectivity index (χ3n) is 4.68. The summed E-state index contributed by atoms with van der Waals surface area (Å²) in [7, 11) is 0. The molecule has 3 aromatic rings. The maximum absolute atomic E-state index is 4.83. The van der Waals surface area contributed by atoms with Crippen LogP contribution >= 0.6 is 0 Å². The summed E-state index contributed by atoms with van der Waals surface area (Å²) in [6, 6.07) is 14.8. The van der Waals surface area contributed by atoms with E-state index in [0.717, 1.165) is 17.0 Å². The first-order valence-corrected chi connectivity index (χ1v) is 9.00. The summed E-state index contributed by atoms with van der Waals surface area (Å²) >= 11 is 0. The zero-order valence-corrected chi connectivity index (χ0v) is 15.7. The highest BCUT2D eigenvalue weighted by atomic mass is 14.7. The van der Waals surface area contributed by atoms with E-state index in [-0.39, 0.29) is 0 Å². The molecule has 2 nitrogen and oxygen atoms in total. The molecule has 0 radical (unpaired) electrons. The maximum atomic E-state index is 4.83. The Kier molecular flexibility index (Phi) is 4.98. The fraction of sp³-hybridized carbons (Fsp3) is 0.304. The summed E-state index contributed by atoms with van der Waals surface area (Å²) in [6.07, 6.45) is 3.79. The first kappa shape index (κ1) is 17.3. The first-order valence-electron chi connectivity index (χ1n) is 9.00. The largest absolute Gasteiger partial charge is 0.256 e. The minimum Gasteiger partial charge on any atom is -0.256 e. The molecule has 0 saturated carbocycles. The van der Waals surface area contributed by atoms with Gasteiger partial charge in [0.25, 0.3) is 0 Å². The van der Waals surface area contributed by atoms with Crippen LogP contribution in [0.15, 0.2) is 54.9 Å². The molecule has 2 aromatic heterocycles. The highest BCUT2D eigenvalue weighted by molar-refractivity contribution is 5.73. The van der Waals surface area contributed by atoms with Crippen LogP contribution in [0.5, 0.6) is 0 Å². The lowest BCUT2D eigenvalue weighted by Crippen LogP contribution is -2.01. The molecular formula is C23H26N2. The number of aryl methyl sites for hydroxylation is 1. The molecule has 0 saturated heterocycles. The second kappa shape index (κ2) is 7.18. The van der Waals surface area contributed by atoms with Crippen molar-refractivity contribution in [2.75, 3.05) is 0 Å². The van der Waals surface area contributed by atoms with Crippen molar-refractivity contribution in [3.63, 3.8) is 0 Å². The zero-order valence-electron chi connectivity index (χ0n) is 15.7. The van der Waals surface area contributed by atoms with E-state index in [1.165, 1.54) is 22.3 Å². The molecule has 0 N–H and O–H groups in total. The SMILES string of the molecule is Cc1cc(-c2c(C(C)C)cccc2C(C)C)ncc1-c1ccccn1. The van der Waals surface area contributed by atoms with Crippen LogP contribution in [0.4, 0.5) is 0 Å². The van der Waals surface area contributed by atoms with Crippen molar-refractivity contribution in [3.8, 4) is 22.5 Å². The Morgan fingerprint density at radius 3 is 1.96 bits per heavy atom. The van der Waals surface area contributed by atoms with Crippen molar-refractivity contribution in [2.24, 2.45) is 0 Å². The van der Waals surface area contributed by atoms with Crippen LogP contribution in [0, 0.1) is 6.92 Å². The predicted molar refractivity (Wildman–Crippen MR) is 106 cm³/mol. The second-order valence-corrected chi connectivity index (χ2v) is 7.22. The molecule has 3 rings (SSSR count). The maximum Gasteiger partial charge on any atom is 0.0720 e. The summed E-state index contributed by atoms with van der Waals surface area (Å²) in [5.74, 6) is 0.928. The summed E-state index contributed by atoms with van der Waals surface area (Å²) in [4.78, 5) is 9.30. The fourth-order valence-electron chi connectivity index (χ4n) is 3.33. The highest BCUT2D eigenvalue weighted by Gasteiger charge is 2.17. The lowest BCUT2D eigenvalue weighted by atomic mass is 9.86. The molecule has 128 valence electrons. The van der Waals surface area contributed by atoms with Gasteiger partial charge in [0.05, 0.1) is 11.4 Å². The Morgan fingerprint density at radius 1 is 0.760 bits per heavy atom. The van der Waals surface area contributed by atoms with Gasteiger partial charge in [0.15, 0.2) is 0 Å². The molecule has 1 aromatic carbocycles. The lowest BCUT2D eigenvalue weighted by molar-refractivity contribution is 0.836. The quantitative estimate of drug-likeness (QED) is 0.556. The standard InChI is InChI=1S/C23H26N2/c1-15(2)18-9-8-10-19(16(3)4)23(18)22-13-17(5)20(14-25-22)21-11-6-7-12-24-21/h6-16H,1-5H3. The Bertz CT molecular complexity index is 838. The van der Waals surface area contributed by atoms with Crippen molar-refractivity contribution in [2.45, 2.75) is 46.5 Å². The van der Waals surface area contributed by atoms with Crippen LogP contribution in [0.25, 0.3) is 22.5 Å². The number of benzene rings is 1. The third kappa shape index (κ3) is 3.48. The molecule has 2 heterocycles. The fourth-order valence-corrected chi connectivity index (χ4v) is 3.33. The van der Waals surface area contributed by atoms with Gasteiger partial charge < -0.3 is 0 Å². The van der Waals surface area contributed by atoms with Crippen molar-refractivity contribution in [1.29, 1.82) is 0 Å². The van der Waals surface area contributed by atoms with Gasteiger partial charge in [-0.2, -0.15) is 0 Å². The van der Waals surface area contributed by atoms with Crippen LogP contribution in [0.1, 0.15) is 56.2 Å². The number of pyridine rings is 2. The van der Waals surface area contributed by atoms with Crippen LogP contribution in [-0.4, -0.2) is 9.97 Å². The molecule has 0 atom stereocenters. The van der Waals surface area contributed by atoms with Crippen molar-refractivity contribution >= 4 is 0 Å². The van der Waals surface area contributed by atoms with Crippen molar-refractivity contribution in [3.05, 3.63) is 71.5 Å². The topological polar surface area (TPSA) is 25.8 Å². The number of nitrogens with zero attached hydrogens (tertiary/aromatic N) is 2. The van der Waals surface area contributed by atoms with E-state index in [1.807, 2.05) is 30.6 Å². The Labute approximate surface area is 151 Å². The van der Waals surface area contributed by atoms with E-state index in [0.29, 0.717) is 11.8 Å². The van der Waals surface area contributed by atoms with Gasteiger partial charge in [-0.05, 0) is 53.6 Å². The van der Waals surface area contributed by atoms with Gasteiger partial charge in [0.1, 0.15) is 0 Å². The molecule has 0 spiro atoms. The molecule has 0 unspecified atom stereocenters. The van der Waals surface area contributed by atoms with Gasteiger partial charge in [-0.15, -0.1) is 0 Å². The lowest BCUT2D eigenvalue weighted by Gasteiger charge is -2.20. The number of hydrogen-bond donors (Lipinski definition) is 0. The van der Waals surface area contributed by atoms with E-state index in [9.17, 15) is 0 Å². The van der Waals surface area contributed by atoms with E-state index < -0.39 is 0 Å². The molecule has 0 aliphatic heterocycles. The summed E-state index contributed by atoms with van der Waals surface area (Å²) < 4.78 is 0. The van der Waals surface area contributed by atoms with Gasteiger partial charge >= 0.3 is 0 Å². The number of hydrogen-bond acceptors (Lipinski definition) is 2. The second-order valence-electron chi connectivity index (χ2n) is 7.22. The molecule has 2 heteroatoms. The normalized spacial score (nSPS) is 11.3. The highest BCUT2D eigenvalue weighted by Crippen LogP contribution is 2.36. The molecule has 0 amide bonds. The predicted octanol–water partition coefficient (Wildman–Crippen LogP) is 6.37. The van der Waals surface area contributed by atoms with Crippen LogP contribution in [0.3, 0.4) is 0 Å². The summed E-state index contributed by atoms with van der Waals surface area (Å²) in [5.41, 5.74) is 8.36. The minimum atomic E-state index is 0.464. The van der Waals surface area contributed by atoms with Gasteiger partial charge in [-0.1, -0.05) is 52.0 Å². The van der Waals surface area contributed by atoms with Crippen molar-refractivity contribution < 1.29 is 0 Å². The summed E-state index contributed by atoms with van der Waals surface area (Å²) in [5, 5.41) is 0. The molecule has 0 bridgehead atoms. The van der Waals surface area contributed by atoms with E-state index in [1.54, 1.807) is 0 Å². The van der Waals surface area contributed by atoms with E-state index in [4.69, 9.17) is 4.98 Å². The number of aromatic nitrogens is 2. The molecule has 25 heavy (non-hydrogen) atoms. The van der Waals surface area contributed by atoms with Gasteiger partial charge in [0, 0.05) is 23.5 Å². The Hall–Kier alpha value is -2.48. The Morgan fingerprint density at radius 2 is 1.44 bits per heavy atom. The molecular weight excluding hydrogens is 304 g/mol. The Balaban J connectivity index is 2.16. The van der Waals surface area contributed by atoms with Crippen molar-refractivity contribution in [1.82, 2.24) is 9.97 Å². The molecule has 0 aliphatic carbocycles. The van der Waals surface area contributed by atoms with Crippen LogP contribution in [-0.2, 0) is 0 Å².